The molecule has 0 saturated carbocycles. The highest BCUT2D eigenvalue weighted by Gasteiger charge is 2.66. The lowest BCUT2D eigenvalue weighted by Gasteiger charge is -2.55. The lowest BCUT2D eigenvalue weighted by atomic mass is 9.99. The maximum Gasteiger partial charge on any atom is 0.353 e. The third-order valence-corrected chi connectivity index (χ3v) is 6.38. The summed E-state index contributed by atoms with van der Waals surface area (Å²) in [6.45, 7) is 0. The molecule has 0 spiro atoms. The lowest BCUT2D eigenvalue weighted by molar-refractivity contribution is -0.192. The smallest absolute Gasteiger partial charge is 0.353 e. The molecule has 0 aliphatic carbocycles. The summed E-state index contributed by atoms with van der Waals surface area (Å²) in [7, 11) is 1.33. The molecule has 0 aromatic heterocycles. The molecule has 0 radical (unpaired) electrons. The van der Waals surface area contributed by atoms with E-state index in [2.05, 4.69) is 21.2 Å². The molecule has 7 nitrogen and oxygen atoms in total. The Hall–Kier alpha value is -1.84. The molecule has 2 atom stereocenters. The number of thioether (sulfide) groups is 1. The number of nitrogens with zero attached hydrogens (tertiary/aromatic N) is 1. The Morgan fingerprint density at radius 3 is 2.72 bits per heavy atom. The number of carboxylic acid groups (broad SMARTS) is 1. The quantitative estimate of drug-likeness (QED) is 0.543. The molecule has 3 rings (SSSR count). The number of methoxy groups -OCH3 is 1. The van der Waals surface area contributed by atoms with E-state index in [0.29, 0.717) is 10.2 Å². The number of hydrogen-bond acceptors (Lipinski definition) is 5. The molecule has 9 heteroatoms. The van der Waals surface area contributed by atoms with E-state index in [1.165, 1.54) is 18.9 Å². The second-order valence-electron chi connectivity index (χ2n) is 5.55. The zero-order chi connectivity index (χ0) is 18.2. The van der Waals surface area contributed by atoms with Gasteiger partial charge in [0.05, 0.1) is 6.42 Å². The third kappa shape index (κ3) is 2.96. The van der Waals surface area contributed by atoms with Crippen LogP contribution in [0.3, 0.4) is 0 Å². The molecule has 2 aliphatic rings. The molecule has 2 N–H and O–H groups in total. The molecule has 1 saturated heterocycles. The van der Waals surface area contributed by atoms with Crippen LogP contribution in [-0.2, 0) is 25.5 Å². The minimum absolute atomic E-state index is 0.0991. The molecule has 1 fully saturated rings. The average Bonchev–Trinajstić information content (AvgIpc) is 2.59. The predicted octanol–water partition coefficient (Wildman–Crippen LogP) is 1.29. The van der Waals surface area contributed by atoms with Gasteiger partial charge in [-0.05, 0) is 5.56 Å². The number of halogens is 1. The molecule has 132 valence electrons. The van der Waals surface area contributed by atoms with E-state index in [4.69, 9.17) is 4.74 Å². The van der Waals surface area contributed by atoms with Crippen molar-refractivity contribution in [2.24, 2.45) is 0 Å². The molecule has 2 heterocycles. The number of amides is 2. The Labute approximate surface area is 156 Å². The SMILES string of the molecule is COC1(NC(=O)Cc2ccccc2)C(=O)N2C(C(=O)O)=C(Br)CS[C@H]21. The van der Waals surface area contributed by atoms with Crippen molar-refractivity contribution >= 4 is 45.5 Å². The van der Waals surface area contributed by atoms with Gasteiger partial charge in [-0.3, -0.25) is 14.5 Å². The molecular weight excluding hydrogens is 412 g/mol. The van der Waals surface area contributed by atoms with Gasteiger partial charge < -0.3 is 15.2 Å². The number of β-lactam (4-membered cyclic amide) rings is 1. The van der Waals surface area contributed by atoms with Crippen molar-refractivity contribution in [2.75, 3.05) is 12.9 Å². The summed E-state index contributed by atoms with van der Waals surface area (Å²) in [6.07, 6.45) is 0.0991. The molecule has 2 aliphatic heterocycles. The molecule has 25 heavy (non-hydrogen) atoms. The summed E-state index contributed by atoms with van der Waals surface area (Å²) in [5.74, 6) is -1.80. The van der Waals surface area contributed by atoms with Gasteiger partial charge in [-0.25, -0.2) is 4.79 Å². The maximum absolute atomic E-state index is 12.7. The maximum atomic E-state index is 12.7. The minimum Gasteiger partial charge on any atom is -0.477 e. The number of aliphatic carboxylic acids is 1. The zero-order valence-corrected chi connectivity index (χ0v) is 15.6. The van der Waals surface area contributed by atoms with Crippen molar-refractivity contribution in [1.29, 1.82) is 0 Å². The number of carboxylic acids is 1. The van der Waals surface area contributed by atoms with Gasteiger partial charge in [0.1, 0.15) is 11.1 Å². The Morgan fingerprint density at radius 2 is 2.12 bits per heavy atom. The van der Waals surface area contributed by atoms with Gasteiger partial charge >= 0.3 is 5.97 Å². The van der Waals surface area contributed by atoms with Gasteiger partial charge in [-0.15, -0.1) is 11.8 Å². The van der Waals surface area contributed by atoms with Crippen molar-refractivity contribution in [3.63, 3.8) is 0 Å². The summed E-state index contributed by atoms with van der Waals surface area (Å²) in [5, 5.41) is 11.4. The fraction of sp³-hybridized carbons (Fsp3) is 0.312. The standard InChI is InChI=1S/C16H15BrN2O5S/c1-24-16(18-11(20)7-9-5-3-2-4-6-9)14(23)19-12(13(21)22)10(17)8-25-15(16)19/h2-6,15H,7-8H2,1H3,(H,18,20)(H,21,22)/t15-,16?/m0/s1. The largest absolute Gasteiger partial charge is 0.477 e. The van der Waals surface area contributed by atoms with Crippen LogP contribution >= 0.6 is 27.7 Å². The Balaban J connectivity index is 1.80. The van der Waals surface area contributed by atoms with Crippen LogP contribution in [0.2, 0.25) is 0 Å². The Kier molecular flexibility index (Phi) is 4.90. The molecule has 1 aromatic carbocycles. The second kappa shape index (κ2) is 6.81. The summed E-state index contributed by atoms with van der Waals surface area (Å²) < 4.78 is 5.78. The van der Waals surface area contributed by atoms with Crippen LogP contribution < -0.4 is 5.32 Å². The number of benzene rings is 1. The Morgan fingerprint density at radius 1 is 1.44 bits per heavy atom. The topological polar surface area (TPSA) is 95.9 Å². The Bertz CT molecular complexity index is 769. The van der Waals surface area contributed by atoms with E-state index < -0.39 is 23.0 Å². The first-order valence-corrected chi connectivity index (χ1v) is 9.22. The first kappa shape index (κ1) is 18.0. The molecule has 1 unspecified atom stereocenters. The molecule has 2 amide bonds. The first-order valence-electron chi connectivity index (χ1n) is 7.38. The highest BCUT2D eigenvalue weighted by molar-refractivity contribution is 9.11. The monoisotopic (exact) mass is 426 g/mol. The van der Waals surface area contributed by atoms with Crippen LogP contribution in [0.4, 0.5) is 0 Å². The summed E-state index contributed by atoms with van der Waals surface area (Å²) in [6, 6.07) is 9.12. The van der Waals surface area contributed by atoms with Crippen molar-refractivity contribution < 1.29 is 24.2 Å². The zero-order valence-electron chi connectivity index (χ0n) is 13.2. The van der Waals surface area contributed by atoms with Gasteiger partial charge in [-0.1, -0.05) is 46.3 Å². The van der Waals surface area contributed by atoms with Crippen LogP contribution in [0.1, 0.15) is 5.56 Å². The fourth-order valence-corrected chi connectivity index (χ4v) is 4.91. The fourth-order valence-electron chi connectivity index (χ4n) is 2.87. The molecule has 0 bridgehead atoms. The number of nitrogens with one attached hydrogen (secondary N) is 1. The van der Waals surface area contributed by atoms with E-state index in [1.807, 2.05) is 30.3 Å². The van der Waals surface area contributed by atoms with Crippen LogP contribution in [0, 0.1) is 0 Å². The summed E-state index contributed by atoms with van der Waals surface area (Å²) >= 11 is 4.52. The van der Waals surface area contributed by atoms with E-state index in [0.717, 1.165) is 10.5 Å². The van der Waals surface area contributed by atoms with Crippen molar-refractivity contribution in [3.8, 4) is 0 Å². The first-order chi connectivity index (χ1) is 11.9. The molecular formula is C16H15BrN2O5S. The highest BCUT2D eigenvalue weighted by atomic mass is 79.9. The van der Waals surface area contributed by atoms with Crippen molar-refractivity contribution in [2.45, 2.75) is 17.5 Å². The van der Waals surface area contributed by atoms with Gasteiger partial charge in [0.25, 0.3) is 11.6 Å². The van der Waals surface area contributed by atoms with Gasteiger partial charge in [0, 0.05) is 17.3 Å². The number of fused-ring (bicyclic) bond motifs is 1. The second-order valence-corrected chi connectivity index (χ2v) is 7.57. The van der Waals surface area contributed by atoms with E-state index >= 15 is 0 Å². The van der Waals surface area contributed by atoms with Crippen LogP contribution in [-0.4, -0.2) is 51.8 Å². The lowest BCUT2D eigenvalue weighted by Crippen LogP contribution is -2.80. The van der Waals surface area contributed by atoms with Crippen LogP contribution in [0.15, 0.2) is 40.5 Å². The van der Waals surface area contributed by atoms with Gasteiger partial charge in [0.2, 0.25) is 5.91 Å². The average molecular weight is 427 g/mol. The summed E-state index contributed by atoms with van der Waals surface area (Å²) in [4.78, 5) is 37.6. The van der Waals surface area contributed by atoms with Crippen molar-refractivity contribution in [1.82, 2.24) is 10.2 Å². The van der Waals surface area contributed by atoms with Crippen LogP contribution in [0.5, 0.6) is 0 Å². The number of carbonyl (C=O) groups is 3. The minimum atomic E-state index is -1.55. The van der Waals surface area contributed by atoms with Crippen molar-refractivity contribution in [3.05, 3.63) is 46.1 Å². The van der Waals surface area contributed by atoms with Gasteiger partial charge in [-0.2, -0.15) is 0 Å². The summed E-state index contributed by atoms with van der Waals surface area (Å²) in [5.41, 5.74) is -0.857. The highest BCUT2D eigenvalue weighted by Crippen LogP contribution is 2.47. The predicted molar refractivity (Wildman–Crippen MR) is 94.7 cm³/mol. The molecule has 1 aromatic rings. The van der Waals surface area contributed by atoms with Crippen LogP contribution in [0.25, 0.3) is 0 Å². The van der Waals surface area contributed by atoms with E-state index in [1.54, 1.807) is 0 Å². The number of carbonyl (C=O) groups excluding carboxylic acids is 2. The third-order valence-electron chi connectivity index (χ3n) is 4.04. The normalized spacial score (nSPS) is 25.3. The van der Waals surface area contributed by atoms with Gasteiger partial charge in [0.15, 0.2) is 0 Å². The number of ether oxygens (including phenoxy) is 1. The number of rotatable bonds is 5. The van der Waals surface area contributed by atoms with E-state index in [9.17, 15) is 19.5 Å². The van der Waals surface area contributed by atoms with E-state index in [-0.39, 0.29) is 18.0 Å². The number of hydrogen-bond donors (Lipinski definition) is 2.